The van der Waals surface area contributed by atoms with E-state index in [1.165, 1.54) is 25.3 Å². The summed E-state index contributed by atoms with van der Waals surface area (Å²) in [6.07, 6.45) is 2.25. The molecule has 1 aromatic rings. The first kappa shape index (κ1) is 14.8. The second-order valence-electron chi connectivity index (χ2n) is 5.22. The second-order valence-corrected chi connectivity index (χ2v) is 5.22. The SMILES string of the molecule is COc1cc(C(=O)NC(C)C2CCCNC2)ccc1F. The zero-order valence-corrected chi connectivity index (χ0v) is 11.9. The van der Waals surface area contributed by atoms with Gasteiger partial charge in [-0.05, 0) is 57.0 Å². The summed E-state index contributed by atoms with van der Waals surface area (Å²) in [5, 5.41) is 6.31. The molecule has 1 aliphatic heterocycles. The van der Waals surface area contributed by atoms with Crippen LogP contribution in [0.3, 0.4) is 0 Å². The van der Waals surface area contributed by atoms with E-state index < -0.39 is 5.82 Å². The smallest absolute Gasteiger partial charge is 0.251 e. The predicted octanol–water partition coefficient (Wildman–Crippen LogP) is 1.95. The Kier molecular flexibility index (Phi) is 4.95. The summed E-state index contributed by atoms with van der Waals surface area (Å²) in [7, 11) is 1.39. The maximum atomic E-state index is 13.3. The third-order valence-corrected chi connectivity index (χ3v) is 3.81. The molecule has 1 aliphatic rings. The van der Waals surface area contributed by atoms with Gasteiger partial charge in [0.1, 0.15) is 0 Å². The molecular weight excluding hydrogens is 259 g/mol. The van der Waals surface area contributed by atoms with Crippen LogP contribution < -0.4 is 15.4 Å². The summed E-state index contributed by atoms with van der Waals surface area (Å²) in [5.74, 6) is -0.130. The minimum Gasteiger partial charge on any atom is -0.494 e. The Morgan fingerprint density at radius 1 is 1.55 bits per heavy atom. The normalized spacial score (nSPS) is 20.2. The predicted molar refractivity (Wildman–Crippen MR) is 75.5 cm³/mol. The Morgan fingerprint density at radius 2 is 2.35 bits per heavy atom. The highest BCUT2D eigenvalue weighted by Gasteiger charge is 2.22. The van der Waals surface area contributed by atoms with Gasteiger partial charge in [0.25, 0.3) is 5.91 Å². The van der Waals surface area contributed by atoms with Gasteiger partial charge in [-0.1, -0.05) is 0 Å². The topological polar surface area (TPSA) is 50.4 Å². The van der Waals surface area contributed by atoms with Gasteiger partial charge in [0.05, 0.1) is 7.11 Å². The van der Waals surface area contributed by atoms with E-state index in [0.29, 0.717) is 11.5 Å². The molecule has 2 N–H and O–H groups in total. The molecule has 0 saturated carbocycles. The van der Waals surface area contributed by atoms with E-state index >= 15 is 0 Å². The fourth-order valence-corrected chi connectivity index (χ4v) is 2.51. The molecule has 2 unspecified atom stereocenters. The molecule has 1 saturated heterocycles. The lowest BCUT2D eigenvalue weighted by atomic mass is 9.92. The number of carbonyl (C=O) groups is 1. The van der Waals surface area contributed by atoms with Crippen molar-refractivity contribution >= 4 is 5.91 Å². The van der Waals surface area contributed by atoms with Crippen molar-refractivity contribution in [3.63, 3.8) is 0 Å². The van der Waals surface area contributed by atoms with Gasteiger partial charge in [-0.15, -0.1) is 0 Å². The molecule has 5 heteroatoms. The van der Waals surface area contributed by atoms with Crippen LogP contribution >= 0.6 is 0 Å². The Balaban J connectivity index is 2.00. The number of benzene rings is 1. The molecule has 2 atom stereocenters. The molecular formula is C15H21FN2O2. The molecule has 110 valence electrons. The van der Waals surface area contributed by atoms with Crippen LogP contribution in [0.4, 0.5) is 4.39 Å². The maximum absolute atomic E-state index is 13.3. The number of rotatable bonds is 4. The maximum Gasteiger partial charge on any atom is 0.251 e. The third-order valence-electron chi connectivity index (χ3n) is 3.81. The van der Waals surface area contributed by atoms with Gasteiger partial charge >= 0.3 is 0 Å². The molecule has 2 rings (SSSR count). The van der Waals surface area contributed by atoms with Crippen molar-refractivity contribution in [2.24, 2.45) is 5.92 Å². The van der Waals surface area contributed by atoms with Crippen LogP contribution in [0.25, 0.3) is 0 Å². The molecule has 0 spiro atoms. The summed E-state index contributed by atoms with van der Waals surface area (Å²) in [4.78, 5) is 12.2. The molecule has 1 aromatic carbocycles. The van der Waals surface area contributed by atoms with Gasteiger partial charge in [0.15, 0.2) is 11.6 Å². The van der Waals surface area contributed by atoms with Crippen LogP contribution in [0.2, 0.25) is 0 Å². The Labute approximate surface area is 118 Å². The largest absolute Gasteiger partial charge is 0.494 e. The fourth-order valence-electron chi connectivity index (χ4n) is 2.51. The van der Waals surface area contributed by atoms with Crippen LogP contribution in [-0.4, -0.2) is 32.1 Å². The summed E-state index contributed by atoms with van der Waals surface area (Å²) < 4.78 is 18.2. The van der Waals surface area contributed by atoms with Crippen molar-refractivity contribution in [2.75, 3.05) is 20.2 Å². The first-order valence-electron chi connectivity index (χ1n) is 6.97. The standard InChI is InChI=1S/C15H21FN2O2/c1-10(12-4-3-7-17-9-12)18-15(19)11-5-6-13(16)14(8-11)20-2/h5-6,8,10,12,17H,3-4,7,9H2,1-2H3,(H,18,19). The van der Waals surface area contributed by atoms with E-state index in [0.717, 1.165) is 25.9 Å². The number of amides is 1. The fraction of sp³-hybridized carbons (Fsp3) is 0.533. The Morgan fingerprint density at radius 3 is 3.00 bits per heavy atom. The Bertz CT molecular complexity index is 473. The molecule has 20 heavy (non-hydrogen) atoms. The number of hydrogen-bond donors (Lipinski definition) is 2. The van der Waals surface area contributed by atoms with E-state index in [1.54, 1.807) is 0 Å². The van der Waals surface area contributed by atoms with E-state index in [9.17, 15) is 9.18 Å². The molecule has 0 radical (unpaired) electrons. The molecule has 4 nitrogen and oxygen atoms in total. The van der Waals surface area contributed by atoms with Crippen molar-refractivity contribution in [3.05, 3.63) is 29.6 Å². The number of halogens is 1. The monoisotopic (exact) mass is 280 g/mol. The second kappa shape index (κ2) is 6.70. The van der Waals surface area contributed by atoms with Crippen molar-refractivity contribution in [2.45, 2.75) is 25.8 Å². The van der Waals surface area contributed by atoms with Gasteiger partial charge in [0.2, 0.25) is 0 Å². The zero-order valence-electron chi connectivity index (χ0n) is 11.9. The number of piperidine rings is 1. The van der Waals surface area contributed by atoms with Crippen LogP contribution in [-0.2, 0) is 0 Å². The number of carbonyl (C=O) groups excluding carboxylic acids is 1. The van der Waals surface area contributed by atoms with Crippen LogP contribution in [0.5, 0.6) is 5.75 Å². The van der Waals surface area contributed by atoms with E-state index in [1.807, 2.05) is 6.92 Å². The van der Waals surface area contributed by atoms with Crippen LogP contribution in [0.1, 0.15) is 30.1 Å². The summed E-state index contributed by atoms with van der Waals surface area (Å²) in [6.45, 7) is 3.98. The summed E-state index contributed by atoms with van der Waals surface area (Å²) in [5.41, 5.74) is 0.416. The quantitative estimate of drug-likeness (QED) is 0.886. The van der Waals surface area contributed by atoms with Gasteiger partial charge in [0, 0.05) is 11.6 Å². The number of ether oxygens (including phenoxy) is 1. The van der Waals surface area contributed by atoms with Crippen molar-refractivity contribution in [1.82, 2.24) is 10.6 Å². The highest BCUT2D eigenvalue weighted by molar-refractivity contribution is 5.94. The van der Waals surface area contributed by atoms with E-state index in [-0.39, 0.29) is 17.7 Å². The average Bonchev–Trinajstić information content (AvgIpc) is 2.48. The lowest BCUT2D eigenvalue weighted by Crippen LogP contribution is -2.44. The average molecular weight is 280 g/mol. The number of nitrogens with one attached hydrogen (secondary N) is 2. The number of hydrogen-bond acceptors (Lipinski definition) is 3. The molecule has 1 fully saturated rings. The van der Waals surface area contributed by atoms with E-state index in [4.69, 9.17) is 4.74 Å². The van der Waals surface area contributed by atoms with Crippen molar-refractivity contribution < 1.29 is 13.9 Å². The lowest BCUT2D eigenvalue weighted by molar-refractivity contribution is 0.0921. The van der Waals surface area contributed by atoms with Gasteiger partial charge < -0.3 is 15.4 Å². The van der Waals surface area contributed by atoms with Crippen molar-refractivity contribution in [1.29, 1.82) is 0 Å². The van der Waals surface area contributed by atoms with Gasteiger partial charge in [-0.3, -0.25) is 4.79 Å². The lowest BCUT2D eigenvalue weighted by Gasteiger charge is -2.29. The molecule has 0 aliphatic carbocycles. The molecule has 0 aromatic heterocycles. The third kappa shape index (κ3) is 3.48. The highest BCUT2D eigenvalue weighted by atomic mass is 19.1. The zero-order chi connectivity index (χ0) is 14.5. The highest BCUT2D eigenvalue weighted by Crippen LogP contribution is 2.19. The summed E-state index contributed by atoms with van der Waals surface area (Å²) >= 11 is 0. The summed E-state index contributed by atoms with van der Waals surface area (Å²) in [6, 6.07) is 4.24. The van der Waals surface area contributed by atoms with Gasteiger partial charge in [-0.25, -0.2) is 4.39 Å². The Hall–Kier alpha value is -1.62. The molecule has 1 heterocycles. The number of methoxy groups -OCH3 is 1. The molecule has 1 amide bonds. The molecule has 0 bridgehead atoms. The minimum atomic E-state index is -0.464. The van der Waals surface area contributed by atoms with Gasteiger partial charge in [-0.2, -0.15) is 0 Å². The van der Waals surface area contributed by atoms with Crippen LogP contribution in [0, 0.1) is 11.7 Å². The van der Waals surface area contributed by atoms with E-state index in [2.05, 4.69) is 10.6 Å². The first-order chi connectivity index (χ1) is 9.61. The van der Waals surface area contributed by atoms with Crippen LogP contribution in [0.15, 0.2) is 18.2 Å². The first-order valence-corrected chi connectivity index (χ1v) is 6.97. The van der Waals surface area contributed by atoms with Crippen molar-refractivity contribution in [3.8, 4) is 5.75 Å². The minimum absolute atomic E-state index is 0.0876.